The molecular formula is C20H21NO4. The van der Waals surface area contributed by atoms with Gasteiger partial charge in [0, 0.05) is 18.7 Å². The molecule has 0 aromatic heterocycles. The summed E-state index contributed by atoms with van der Waals surface area (Å²) in [4.78, 5) is 24.1. The molecule has 1 aliphatic rings. The number of rotatable bonds is 5. The van der Waals surface area contributed by atoms with E-state index in [0.29, 0.717) is 23.2 Å². The number of ether oxygens (including phenoxy) is 1. The first-order valence-electron chi connectivity index (χ1n) is 8.48. The Labute approximate surface area is 146 Å². The van der Waals surface area contributed by atoms with Crippen molar-refractivity contribution in [2.45, 2.75) is 25.4 Å². The molecule has 0 bridgehead atoms. The van der Waals surface area contributed by atoms with Crippen molar-refractivity contribution < 1.29 is 19.4 Å². The van der Waals surface area contributed by atoms with E-state index in [0.717, 1.165) is 25.9 Å². The van der Waals surface area contributed by atoms with Crippen LogP contribution in [-0.4, -0.2) is 36.2 Å². The third-order valence-electron chi connectivity index (χ3n) is 4.38. The first kappa shape index (κ1) is 17.2. The van der Waals surface area contributed by atoms with Crippen molar-refractivity contribution >= 4 is 11.9 Å². The maximum absolute atomic E-state index is 12.6. The Morgan fingerprint density at radius 3 is 2.28 bits per heavy atom. The van der Waals surface area contributed by atoms with Gasteiger partial charge in [-0.3, -0.25) is 4.79 Å². The van der Waals surface area contributed by atoms with Gasteiger partial charge in [-0.05, 0) is 42.5 Å². The number of amides is 1. The predicted octanol–water partition coefficient (Wildman–Crippen LogP) is 3.35. The summed E-state index contributed by atoms with van der Waals surface area (Å²) in [5.74, 6) is -1.23. The molecule has 0 saturated carbocycles. The van der Waals surface area contributed by atoms with E-state index in [2.05, 4.69) is 5.32 Å². The lowest BCUT2D eigenvalue weighted by Gasteiger charge is -2.23. The number of hydrogen-bond acceptors (Lipinski definition) is 3. The highest BCUT2D eigenvalue weighted by molar-refractivity contribution is 6.04. The van der Waals surface area contributed by atoms with Crippen LogP contribution in [0, 0.1) is 0 Å². The summed E-state index contributed by atoms with van der Waals surface area (Å²) in [6.07, 6.45) is 3.18. The van der Waals surface area contributed by atoms with Crippen LogP contribution in [0.15, 0.2) is 48.5 Å². The molecule has 0 spiro atoms. The van der Waals surface area contributed by atoms with Crippen LogP contribution >= 0.6 is 0 Å². The lowest BCUT2D eigenvalue weighted by Crippen LogP contribution is -2.35. The van der Waals surface area contributed by atoms with Crippen molar-refractivity contribution in [3.05, 3.63) is 59.7 Å². The fourth-order valence-corrected chi connectivity index (χ4v) is 3.09. The molecule has 1 unspecified atom stereocenters. The van der Waals surface area contributed by atoms with Crippen LogP contribution in [0.5, 0.6) is 0 Å². The Bertz CT molecular complexity index is 766. The van der Waals surface area contributed by atoms with E-state index in [1.165, 1.54) is 0 Å². The summed E-state index contributed by atoms with van der Waals surface area (Å²) in [5.41, 5.74) is 1.79. The molecule has 2 N–H and O–H groups in total. The second-order valence-corrected chi connectivity index (χ2v) is 6.09. The molecule has 5 heteroatoms. The van der Waals surface area contributed by atoms with Crippen LogP contribution in [0.4, 0.5) is 0 Å². The highest BCUT2D eigenvalue weighted by Gasteiger charge is 2.19. The second kappa shape index (κ2) is 7.94. The van der Waals surface area contributed by atoms with E-state index in [1.54, 1.807) is 48.5 Å². The molecule has 1 atom stereocenters. The van der Waals surface area contributed by atoms with E-state index in [1.807, 2.05) is 0 Å². The Morgan fingerprint density at radius 2 is 1.64 bits per heavy atom. The van der Waals surface area contributed by atoms with E-state index in [-0.39, 0.29) is 17.6 Å². The minimum Gasteiger partial charge on any atom is -0.478 e. The highest BCUT2D eigenvalue weighted by Crippen LogP contribution is 2.27. The van der Waals surface area contributed by atoms with Crippen molar-refractivity contribution in [2.24, 2.45) is 0 Å². The minimum atomic E-state index is -1.01. The molecule has 2 aromatic carbocycles. The van der Waals surface area contributed by atoms with E-state index >= 15 is 0 Å². The Hall–Kier alpha value is -2.66. The summed E-state index contributed by atoms with van der Waals surface area (Å²) >= 11 is 0. The number of carboxylic acids is 1. The van der Waals surface area contributed by atoms with Gasteiger partial charge >= 0.3 is 5.97 Å². The van der Waals surface area contributed by atoms with Crippen molar-refractivity contribution in [1.82, 2.24) is 5.32 Å². The van der Waals surface area contributed by atoms with Crippen LogP contribution in [0.1, 0.15) is 40.0 Å². The van der Waals surface area contributed by atoms with Crippen molar-refractivity contribution in [3.8, 4) is 11.1 Å². The molecule has 5 nitrogen and oxygen atoms in total. The van der Waals surface area contributed by atoms with Gasteiger partial charge < -0.3 is 15.2 Å². The predicted molar refractivity (Wildman–Crippen MR) is 94.8 cm³/mol. The summed E-state index contributed by atoms with van der Waals surface area (Å²) in [6.45, 7) is 1.21. The third kappa shape index (κ3) is 4.06. The average molecular weight is 339 g/mol. The summed E-state index contributed by atoms with van der Waals surface area (Å²) in [6, 6.07) is 13.8. The van der Waals surface area contributed by atoms with Gasteiger partial charge in [0.2, 0.25) is 0 Å². The molecule has 0 aliphatic carbocycles. The quantitative estimate of drug-likeness (QED) is 0.876. The van der Waals surface area contributed by atoms with Crippen LogP contribution in [0.2, 0.25) is 0 Å². The molecule has 0 radical (unpaired) electrons. The van der Waals surface area contributed by atoms with E-state index < -0.39 is 5.97 Å². The molecule has 3 rings (SSSR count). The zero-order valence-electron chi connectivity index (χ0n) is 13.9. The molecular weight excluding hydrogens is 318 g/mol. The SMILES string of the molecule is O=C(O)c1ccccc1-c1ccccc1C(=O)NCC1CCCCO1. The fraction of sp³-hybridized carbons (Fsp3) is 0.300. The zero-order chi connectivity index (χ0) is 17.6. The van der Waals surface area contributed by atoms with Crippen LogP contribution in [0.3, 0.4) is 0 Å². The maximum Gasteiger partial charge on any atom is 0.336 e. The minimum absolute atomic E-state index is 0.0520. The zero-order valence-corrected chi connectivity index (χ0v) is 13.9. The second-order valence-electron chi connectivity index (χ2n) is 6.09. The first-order chi connectivity index (χ1) is 12.2. The summed E-state index contributed by atoms with van der Waals surface area (Å²) in [7, 11) is 0. The van der Waals surface area contributed by atoms with Gasteiger partial charge in [0.05, 0.1) is 11.7 Å². The standard InChI is InChI=1S/C20H21NO4/c22-19(21-13-14-7-5-6-12-25-14)17-10-3-1-8-15(17)16-9-2-4-11-18(16)20(23)24/h1-4,8-11,14H,5-7,12-13H2,(H,21,22)(H,23,24). The van der Waals surface area contributed by atoms with Gasteiger partial charge in [0.1, 0.15) is 0 Å². The van der Waals surface area contributed by atoms with E-state index in [4.69, 9.17) is 4.74 Å². The lowest BCUT2D eigenvalue weighted by atomic mass is 9.95. The van der Waals surface area contributed by atoms with Crippen LogP contribution in [0.25, 0.3) is 11.1 Å². The number of aromatic carboxylic acids is 1. The lowest BCUT2D eigenvalue weighted by molar-refractivity contribution is 0.0169. The van der Waals surface area contributed by atoms with Gasteiger partial charge in [0.15, 0.2) is 0 Å². The normalized spacial score (nSPS) is 17.0. The highest BCUT2D eigenvalue weighted by atomic mass is 16.5. The Balaban J connectivity index is 1.83. The Kier molecular flexibility index (Phi) is 5.46. The van der Waals surface area contributed by atoms with Crippen LogP contribution < -0.4 is 5.32 Å². The summed E-state index contributed by atoms with van der Waals surface area (Å²) in [5, 5.41) is 12.3. The largest absolute Gasteiger partial charge is 0.478 e. The molecule has 25 heavy (non-hydrogen) atoms. The number of carbonyl (C=O) groups is 2. The molecule has 2 aromatic rings. The average Bonchev–Trinajstić information content (AvgIpc) is 2.67. The van der Waals surface area contributed by atoms with Gasteiger partial charge in [-0.15, -0.1) is 0 Å². The Morgan fingerprint density at radius 1 is 1.00 bits per heavy atom. The summed E-state index contributed by atoms with van der Waals surface area (Å²) < 4.78 is 5.64. The number of nitrogens with one attached hydrogen (secondary N) is 1. The molecule has 1 fully saturated rings. The van der Waals surface area contributed by atoms with Gasteiger partial charge in [-0.25, -0.2) is 4.79 Å². The number of benzene rings is 2. The molecule has 130 valence electrons. The topological polar surface area (TPSA) is 75.6 Å². The number of carboxylic acid groups (broad SMARTS) is 1. The molecule has 1 heterocycles. The smallest absolute Gasteiger partial charge is 0.336 e. The van der Waals surface area contributed by atoms with Crippen molar-refractivity contribution in [3.63, 3.8) is 0 Å². The van der Waals surface area contributed by atoms with Gasteiger partial charge in [-0.2, -0.15) is 0 Å². The molecule has 1 aliphatic heterocycles. The van der Waals surface area contributed by atoms with E-state index in [9.17, 15) is 14.7 Å². The first-order valence-corrected chi connectivity index (χ1v) is 8.48. The maximum atomic E-state index is 12.6. The molecule has 1 amide bonds. The van der Waals surface area contributed by atoms with Gasteiger partial charge in [0.25, 0.3) is 5.91 Å². The fourth-order valence-electron chi connectivity index (χ4n) is 3.09. The van der Waals surface area contributed by atoms with Crippen LogP contribution in [-0.2, 0) is 4.74 Å². The van der Waals surface area contributed by atoms with Crippen molar-refractivity contribution in [1.29, 1.82) is 0 Å². The number of carbonyl (C=O) groups excluding carboxylic acids is 1. The monoisotopic (exact) mass is 339 g/mol. The number of hydrogen-bond donors (Lipinski definition) is 2. The van der Waals surface area contributed by atoms with Crippen molar-refractivity contribution in [2.75, 3.05) is 13.2 Å². The van der Waals surface area contributed by atoms with Gasteiger partial charge in [-0.1, -0.05) is 36.4 Å². The molecule has 1 saturated heterocycles. The third-order valence-corrected chi connectivity index (χ3v) is 4.38.